The summed E-state index contributed by atoms with van der Waals surface area (Å²) in [5, 5.41) is 5.41. The molecular weight excluding hydrogens is 358 g/mol. The van der Waals surface area contributed by atoms with E-state index < -0.39 is 15.8 Å². The fourth-order valence-electron chi connectivity index (χ4n) is 2.02. The lowest BCUT2D eigenvalue weighted by Crippen LogP contribution is -2.20. The number of carbonyl (C=O) groups excluding carboxylic acids is 1. The smallest absolute Gasteiger partial charge is 0.357 e. The van der Waals surface area contributed by atoms with Crippen molar-refractivity contribution in [3.63, 3.8) is 0 Å². The summed E-state index contributed by atoms with van der Waals surface area (Å²) in [4.78, 5) is 16.2. The van der Waals surface area contributed by atoms with Gasteiger partial charge < -0.3 is 9.47 Å². The maximum atomic E-state index is 12.1. The van der Waals surface area contributed by atoms with E-state index in [4.69, 9.17) is 21.1 Å². The normalized spacial score (nSPS) is 15.3. The van der Waals surface area contributed by atoms with Crippen molar-refractivity contribution >= 4 is 27.4 Å². The first-order chi connectivity index (χ1) is 11.4. The molecule has 0 aliphatic carbocycles. The van der Waals surface area contributed by atoms with E-state index in [-0.39, 0.29) is 40.5 Å². The third-order valence-electron chi connectivity index (χ3n) is 3.00. The van der Waals surface area contributed by atoms with Gasteiger partial charge in [-0.1, -0.05) is 11.6 Å². The number of esters is 1. The Morgan fingerprint density at radius 2 is 2.21 bits per heavy atom. The summed E-state index contributed by atoms with van der Waals surface area (Å²) in [6.07, 6.45) is 1.50. The molecule has 126 valence electrons. The van der Waals surface area contributed by atoms with Gasteiger partial charge >= 0.3 is 5.97 Å². The van der Waals surface area contributed by atoms with E-state index >= 15 is 0 Å². The van der Waals surface area contributed by atoms with Crippen molar-refractivity contribution in [1.82, 2.24) is 14.8 Å². The number of hydrogen-bond donors (Lipinski definition) is 0. The van der Waals surface area contributed by atoms with Gasteiger partial charge in [0.15, 0.2) is 21.3 Å². The number of hydrogen-bond acceptors (Lipinski definition) is 7. The minimum atomic E-state index is -3.18. The predicted octanol–water partition coefficient (Wildman–Crippen LogP) is 1.75. The van der Waals surface area contributed by atoms with Crippen molar-refractivity contribution in [3.8, 4) is 11.7 Å². The zero-order valence-corrected chi connectivity index (χ0v) is 14.0. The summed E-state index contributed by atoms with van der Waals surface area (Å²) in [5.41, 5.74) is 0.0650. The molecule has 10 heteroatoms. The highest BCUT2D eigenvalue weighted by Crippen LogP contribution is 2.25. The van der Waals surface area contributed by atoms with Gasteiger partial charge in [0, 0.05) is 12.3 Å². The third kappa shape index (κ3) is 3.26. The van der Waals surface area contributed by atoms with Gasteiger partial charge in [-0.05, 0) is 19.1 Å². The SMILES string of the molecule is CCOC(=O)c1cc(OC2=CS(=O)(=O)C2)nn1-c1ncccc1Cl. The third-order valence-corrected chi connectivity index (χ3v) is 4.61. The molecule has 3 rings (SSSR count). The minimum Gasteiger partial charge on any atom is -0.461 e. The van der Waals surface area contributed by atoms with Crippen LogP contribution in [0.2, 0.25) is 5.02 Å². The van der Waals surface area contributed by atoms with Crippen LogP contribution in [0, 0.1) is 0 Å². The van der Waals surface area contributed by atoms with Gasteiger partial charge in [-0.2, -0.15) is 0 Å². The lowest BCUT2D eigenvalue weighted by Gasteiger charge is -2.13. The van der Waals surface area contributed by atoms with Crippen LogP contribution in [0.25, 0.3) is 5.82 Å². The summed E-state index contributed by atoms with van der Waals surface area (Å²) in [6, 6.07) is 4.58. The van der Waals surface area contributed by atoms with E-state index in [2.05, 4.69) is 10.1 Å². The average Bonchev–Trinajstić information content (AvgIpc) is 2.90. The van der Waals surface area contributed by atoms with Crippen LogP contribution in [0.3, 0.4) is 0 Å². The van der Waals surface area contributed by atoms with Gasteiger partial charge in [-0.25, -0.2) is 22.9 Å². The Bertz CT molecular complexity index is 936. The van der Waals surface area contributed by atoms with Crippen LogP contribution in [0.1, 0.15) is 17.4 Å². The first-order valence-electron chi connectivity index (χ1n) is 6.89. The zero-order chi connectivity index (χ0) is 17.3. The van der Waals surface area contributed by atoms with Gasteiger partial charge in [0.2, 0.25) is 5.88 Å². The molecule has 2 aromatic rings. The highest BCUT2D eigenvalue weighted by molar-refractivity contribution is 7.95. The number of carbonyl (C=O) groups is 1. The molecule has 8 nitrogen and oxygen atoms in total. The number of sulfone groups is 1. The molecular formula is C14H12ClN3O5S. The van der Waals surface area contributed by atoms with E-state index in [1.807, 2.05) is 0 Å². The molecule has 0 N–H and O–H groups in total. The summed E-state index contributed by atoms with van der Waals surface area (Å²) < 4.78 is 33.8. The predicted molar refractivity (Wildman–Crippen MR) is 84.8 cm³/mol. The van der Waals surface area contributed by atoms with E-state index in [1.165, 1.54) is 16.9 Å². The molecule has 1 aliphatic rings. The molecule has 2 aromatic heterocycles. The van der Waals surface area contributed by atoms with Crippen molar-refractivity contribution in [2.45, 2.75) is 6.92 Å². The van der Waals surface area contributed by atoms with Crippen LogP contribution in [0.4, 0.5) is 0 Å². The number of pyridine rings is 1. The number of rotatable bonds is 5. The largest absolute Gasteiger partial charge is 0.461 e. The summed E-state index contributed by atoms with van der Waals surface area (Å²) in [5.74, 6) is -0.328. The number of halogens is 1. The highest BCUT2D eigenvalue weighted by atomic mass is 35.5. The zero-order valence-electron chi connectivity index (χ0n) is 12.5. The van der Waals surface area contributed by atoms with E-state index in [9.17, 15) is 13.2 Å². The van der Waals surface area contributed by atoms with Crippen molar-refractivity contribution < 1.29 is 22.7 Å². The second-order valence-electron chi connectivity index (χ2n) is 4.80. The summed E-state index contributed by atoms with van der Waals surface area (Å²) in [7, 11) is -3.18. The molecule has 0 aromatic carbocycles. The Morgan fingerprint density at radius 1 is 1.46 bits per heavy atom. The van der Waals surface area contributed by atoms with E-state index in [1.54, 1.807) is 19.1 Å². The quantitative estimate of drug-likeness (QED) is 0.740. The standard InChI is InChI=1S/C14H12ClN3O5S/c1-2-22-14(19)11-6-12(23-9-7-24(20,21)8-9)17-18(11)13-10(15)4-3-5-16-13/h3-7H,2,8H2,1H3. The summed E-state index contributed by atoms with van der Waals surface area (Å²) in [6.45, 7) is 1.85. The molecule has 0 saturated heterocycles. The molecule has 0 unspecified atom stereocenters. The van der Waals surface area contributed by atoms with Crippen molar-refractivity contribution in [2.75, 3.05) is 12.4 Å². The van der Waals surface area contributed by atoms with E-state index in [0.29, 0.717) is 0 Å². The Kier molecular flexibility index (Phi) is 4.29. The molecule has 0 fully saturated rings. The van der Waals surface area contributed by atoms with Crippen molar-refractivity contribution in [2.24, 2.45) is 0 Å². The Labute approximate surface area is 142 Å². The number of aromatic nitrogens is 3. The second kappa shape index (κ2) is 6.25. The van der Waals surface area contributed by atoms with Crippen LogP contribution >= 0.6 is 11.6 Å². The van der Waals surface area contributed by atoms with Gasteiger partial charge in [0.1, 0.15) is 11.5 Å². The van der Waals surface area contributed by atoms with Crippen LogP contribution < -0.4 is 4.74 Å². The first-order valence-corrected chi connectivity index (χ1v) is 8.98. The summed E-state index contributed by atoms with van der Waals surface area (Å²) >= 11 is 6.10. The maximum absolute atomic E-state index is 12.1. The Balaban J connectivity index is 2.00. The topological polar surface area (TPSA) is 100 Å². The maximum Gasteiger partial charge on any atom is 0.357 e. The van der Waals surface area contributed by atoms with Crippen LogP contribution in [-0.4, -0.2) is 41.5 Å². The minimum absolute atomic E-state index is 0.0425. The second-order valence-corrected chi connectivity index (χ2v) is 7.06. The molecule has 0 spiro atoms. The molecule has 0 saturated carbocycles. The van der Waals surface area contributed by atoms with Gasteiger partial charge in [-0.15, -0.1) is 5.10 Å². The lowest BCUT2D eigenvalue weighted by molar-refractivity contribution is 0.0515. The highest BCUT2D eigenvalue weighted by Gasteiger charge is 2.27. The van der Waals surface area contributed by atoms with Crippen LogP contribution in [-0.2, 0) is 14.6 Å². The Morgan fingerprint density at radius 3 is 2.83 bits per heavy atom. The van der Waals surface area contributed by atoms with Crippen LogP contribution in [0.15, 0.2) is 35.6 Å². The van der Waals surface area contributed by atoms with Crippen molar-refractivity contribution in [1.29, 1.82) is 0 Å². The monoisotopic (exact) mass is 369 g/mol. The molecule has 3 heterocycles. The molecule has 0 amide bonds. The molecule has 0 bridgehead atoms. The van der Waals surface area contributed by atoms with Gasteiger partial charge in [0.05, 0.1) is 17.0 Å². The van der Waals surface area contributed by atoms with Crippen molar-refractivity contribution in [3.05, 3.63) is 46.3 Å². The lowest BCUT2D eigenvalue weighted by atomic mass is 10.4. The number of nitrogens with zero attached hydrogens (tertiary/aromatic N) is 3. The van der Waals surface area contributed by atoms with E-state index in [0.717, 1.165) is 5.41 Å². The molecule has 24 heavy (non-hydrogen) atoms. The molecule has 0 atom stereocenters. The molecule has 1 aliphatic heterocycles. The fourth-order valence-corrected chi connectivity index (χ4v) is 3.08. The Hall–Kier alpha value is -2.39. The first kappa shape index (κ1) is 16.5. The fraction of sp³-hybridized carbons (Fsp3) is 0.214. The van der Waals surface area contributed by atoms with Gasteiger partial charge in [0.25, 0.3) is 0 Å². The number of ether oxygens (including phenoxy) is 2. The van der Waals surface area contributed by atoms with Crippen LogP contribution in [0.5, 0.6) is 5.88 Å². The molecule has 0 radical (unpaired) electrons. The average molecular weight is 370 g/mol. The van der Waals surface area contributed by atoms with Gasteiger partial charge in [-0.3, -0.25) is 0 Å².